The normalized spacial score (nSPS) is 21.3. The highest BCUT2D eigenvalue weighted by Gasteiger charge is 2.33. The molecule has 0 bridgehead atoms. The molecule has 0 unspecified atom stereocenters. The van der Waals surface area contributed by atoms with Gasteiger partial charge in [-0.25, -0.2) is 9.97 Å². The van der Waals surface area contributed by atoms with E-state index >= 15 is 0 Å². The van der Waals surface area contributed by atoms with Gasteiger partial charge in [-0.2, -0.15) is 18.3 Å². The van der Waals surface area contributed by atoms with E-state index in [2.05, 4.69) is 32.7 Å². The Labute approximate surface area is 195 Å². The van der Waals surface area contributed by atoms with E-state index in [4.69, 9.17) is 9.72 Å². The van der Waals surface area contributed by atoms with E-state index in [0.717, 1.165) is 24.1 Å². The van der Waals surface area contributed by atoms with Crippen molar-refractivity contribution in [3.05, 3.63) is 53.8 Å². The van der Waals surface area contributed by atoms with Gasteiger partial charge in [-0.05, 0) is 39.5 Å². The zero-order valence-corrected chi connectivity index (χ0v) is 19.2. The molecule has 1 aliphatic heterocycles. The topological polar surface area (TPSA) is 69.0 Å². The van der Waals surface area contributed by atoms with Crippen LogP contribution >= 0.6 is 0 Å². The first-order valence-corrected chi connectivity index (χ1v) is 11.5. The Balaban J connectivity index is 1.44. The lowest BCUT2D eigenvalue weighted by Gasteiger charge is -2.37. The number of halogens is 3. The molecule has 0 radical (unpaired) electrons. The third kappa shape index (κ3) is 4.77. The summed E-state index contributed by atoms with van der Waals surface area (Å²) in [4.78, 5) is 15.9. The fourth-order valence-electron chi connectivity index (χ4n) is 4.29. The largest absolute Gasteiger partial charge is 0.412 e. The molecule has 0 N–H and O–H groups in total. The molecule has 0 aromatic carbocycles. The highest BCUT2D eigenvalue weighted by atomic mass is 19.4. The first kappa shape index (κ1) is 22.8. The number of nitrogens with zero attached hydrogens (tertiary/aromatic N) is 6. The number of rotatable bonds is 6. The van der Waals surface area contributed by atoms with Gasteiger partial charge in [-0.3, -0.25) is 9.67 Å². The summed E-state index contributed by atoms with van der Waals surface area (Å²) in [7, 11) is 0. The molecule has 3 aromatic rings. The molecule has 3 aromatic heterocycles. The van der Waals surface area contributed by atoms with Gasteiger partial charge < -0.3 is 9.64 Å². The Bertz CT molecular complexity index is 1220. The SMILES string of the molecule is C=C(CCc1nc(N2C[C@H](C)O[C@@H](c3cnn(C4CC4)c3)C2)cc2nc(C)cnc12)C(F)(F)F. The summed E-state index contributed by atoms with van der Waals surface area (Å²) in [5, 5.41) is 4.49. The van der Waals surface area contributed by atoms with Gasteiger partial charge in [0.25, 0.3) is 0 Å². The summed E-state index contributed by atoms with van der Waals surface area (Å²) in [5.41, 5.74) is 2.60. The second-order valence-electron chi connectivity index (χ2n) is 9.23. The van der Waals surface area contributed by atoms with E-state index in [-0.39, 0.29) is 25.0 Å². The lowest BCUT2D eigenvalue weighted by atomic mass is 10.1. The minimum absolute atomic E-state index is 0.0578. The summed E-state index contributed by atoms with van der Waals surface area (Å²) >= 11 is 0. The molecular weight excluding hydrogens is 445 g/mol. The van der Waals surface area contributed by atoms with Gasteiger partial charge in [0.1, 0.15) is 17.4 Å². The summed E-state index contributed by atoms with van der Waals surface area (Å²) < 4.78 is 47.2. The second-order valence-corrected chi connectivity index (χ2v) is 9.23. The van der Waals surface area contributed by atoms with Gasteiger partial charge in [-0.1, -0.05) is 6.58 Å². The Morgan fingerprint density at radius 1 is 1.21 bits per heavy atom. The van der Waals surface area contributed by atoms with Crippen molar-refractivity contribution in [3.8, 4) is 0 Å². The average molecular weight is 473 g/mol. The third-order valence-electron chi connectivity index (χ3n) is 6.27. The molecule has 1 saturated carbocycles. The molecule has 4 heterocycles. The molecular formula is C24H27F3N6O. The van der Waals surface area contributed by atoms with Crippen molar-refractivity contribution in [1.29, 1.82) is 0 Å². The maximum absolute atomic E-state index is 13.0. The van der Waals surface area contributed by atoms with E-state index in [1.165, 1.54) is 0 Å². The summed E-state index contributed by atoms with van der Waals surface area (Å²) in [5.74, 6) is 0.662. The Kier molecular flexibility index (Phi) is 5.79. The number of hydrogen-bond acceptors (Lipinski definition) is 6. The van der Waals surface area contributed by atoms with Crippen molar-refractivity contribution in [2.45, 2.75) is 64.0 Å². The van der Waals surface area contributed by atoms with E-state index in [9.17, 15) is 13.2 Å². The molecule has 2 atom stereocenters. The minimum Gasteiger partial charge on any atom is -0.367 e. The molecule has 5 rings (SSSR count). The first-order chi connectivity index (χ1) is 16.2. The molecule has 10 heteroatoms. The van der Waals surface area contributed by atoms with Crippen LogP contribution in [0.5, 0.6) is 0 Å². The predicted molar refractivity (Wildman–Crippen MR) is 122 cm³/mol. The van der Waals surface area contributed by atoms with E-state index in [1.54, 1.807) is 6.20 Å². The van der Waals surface area contributed by atoms with Crippen LogP contribution in [0.25, 0.3) is 11.0 Å². The summed E-state index contributed by atoms with van der Waals surface area (Å²) in [6.45, 7) is 8.21. The fourth-order valence-corrected chi connectivity index (χ4v) is 4.29. The van der Waals surface area contributed by atoms with Crippen molar-refractivity contribution in [2.24, 2.45) is 0 Å². The zero-order valence-electron chi connectivity index (χ0n) is 19.2. The second kappa shape index (κ2) is 8.65. The molecule has 0 amide bonds. The standard InChI is InChI=1S/C24H27F3N6O/c1-14(24(25,26)27)4-7-19-23-20(30-15(2)9-28-23)8-22(31-19)32-11-16(3)34-21(13-32)17-10-29-33(12-17)18-5-6-18/h8-10,12,16,18,21H,1,4-7,11,13H2,2-3H3/t16-,21+/m0/s1. The summed E-state index contributed by atoms with van der Waals surface area (Å²) in [6, 6.07) is 2.35. The van der Waals surface area contributed by atoms with Crippen molar-refractivity contribution < 1.29 is 17.9 Å². The predicted octanol–water partition coefficient (Wildman–Crippen LogP) is 4.88. The van der Waals surface area contributed by atoms with Crippen molar-refractivity contribution >= 4 is 16.9 Å². The quantitative estimate of drug-likeness (QED) is 0.476. The highest BCUT2D eigenvalue weighted by molar-refractivity contribution is 5.79. The number of aryl methyl sites for hydroxylation is 2. The van der Waals surface area contributed by atoms with Crippen LogP contribution in [0.1, 0.15) is 55.3 Å². The average Bonchev–Trinajstić information content (AvgIpc) is 3.52. The van der Waals surface area contributed by atoms with Crippen molar-refractivity contribution in [3.63, 3.8) is 0 Å². The number of morpholine rings is 1. The van der Waals surface area contributed by atoms with Crippen molar-refractivity contribution in [1.82, 2.24) is 24.7 Å². The maximum Gasteiger partial charge on any atom is 0.412 e. The van der Waals surface area contributed by atoms with Crippen LogP contribution in [0.4, 0.5) is 19.0 Å². The third-order valence-corrected chi connectivity index (χ3v) is 6.27. The molecule has 2 fully saturated rings. The van der Waals surface area contributed by atoms with Gasteiger partial charge in [0.05, 0.1) is 41.8 Å². The lowest BCUT2D eigenvalue weighted by molar-refractivity contribution is -0.0935. The molecule has 7 nitrogen and oxygen atoms in total. The van der Waals surface area contributed by atoms with Crippen LogP contribution in [-0.2, 0) is 11.2 Å². The molecule has 34 heavy (non-hydrogen) atoms. The first-order valence-electron chi connectivity index (χ1n) is 11.5. The zero-order chi connectivity index (χ0) is 24.0. The van der Waals surface area contributed by atoms with Gasteiger partial charge in [-0.15, -0.1) is 0 Å². The Morgan fingerprint density at radius 2 is 2.00 bits per heavy atom. The fraction of sp³-hybridized carbons (Fsp3) is 0.500. The van der Waals surface area contributed by atoms with Crippen LogP contribution in [-0.4, -0.2) is 50.1 Å². The van der Waals surface area contributed by atoms with Crippen LogP contribution < -0.4 is 4.90 Å². The molecule has 1 aliphatic carbocycles. The van der Waals surface area contributed by atoms with Crippen molar-refractivity contribution in [2.75, 3.05) is 18.0 Å². The van der Waals surface area contributed by atoms with Crippen LogP contribution in [0.3, 0.4) is 0 Å². The number of aromatic nitrogens is 5. The maximum atomic E-state index is 13.0. The number of anilines is 1. The molecule has 2 aliphatic rings. The van der Waals surface area contributed by atoms with Gasteiger partial charge in [0.2, 0.25) is 0 Å². The molecule has 180 valence electrons. The minimum atomic E-state index is -4.42. The number of allylic oxidation sites excluding steroid dienone is 1. The van der Waals surface area contributed by atoms with Gasteiger partial charge in [0.15, 0.2) is 0 Å². The monoisotopic (exact) mass is 472 g/mol. The molecule has 1 saturated heterocycles. The van der Waals surface area contributed by atoms with Gasteiger partial charge >= 0.3 is 6.18 Å². The number of alkyl halides is 3. The van der Waals surface area contributed by atoms with Crippen LogP contribution in [0.2, 0.25) is 0 Å². The Morgan fingerprint density at radius 3 is 2.74 bits per heavy atom. The number of pyridine rings is 1. The lowest BCUT2D eigenvalue weighted by Crippen LogP contribution is -2.43. The number of hydrogen-bond donors (Lipinski definition) is 0. The van der Waals surface area contributed by atoms with E-state index < -0.39 is 11.7 Å². The summed E-state index contributed by atoms with van der Waals surface area (Å²) in [6.07, 6.45) is 3.00. The van der Waals surface area contributed by atoms with E-state index in [0.29, 0.717) is 41.7 Å². The van der Waals surface area contributed by atoms with Crippen LogP contribution in [0.15, 0.2) is 36.8 Å². The van der Waals surface area contributed by atoms with Crippen LogP contribution in [0, 0.1) is 6.92 Å². The smallest absolute Gasteiger partial charge is 0.367 e. The van der Waals surface area contributed by atoms with Gasteiger partial charge in [0, 0.05) is 36.1 Å². The Hall–Kier alpha value is -3.01. The van der Waals surface area contributed by atoms with E-state index in [1.807, 2.05) is 30.8 Å². The number of fused-ring (bicyclic) bond motifs is 1. The highest BCUT2D eigenvalue weighted by Crippen LogP contribution is 2.36. The molecule has 0 spiro atoms. The number of ether oxygens (including phenoxy) is 1.